The molecule has 0 bridgehead atoms. The Labute approximate surface area is 221 Å². The lowest BCUT2D eigenvalue weighted by Gasteiger charge is -2.14. The highest BCUT2D eigenvalue weighted by atomic mass is 16.5. The van der Waals surface area contributed by atoms with E-state index in [-0.39, 0.29) is 29.1 Å². The summed E-state index contributed by atoms with van der Waals surface area (Å²) in [6, 6.07) is 9.69. The Morgan fingerprint density at radius 3 is 2.58 bits per heavy atom. The van der Waals surface area contributed by atoms with Crippen molar-refractivity contribution in [2.75, 3.05) is 19.4 Å². The number of hydrogen-bond donors (Lipinski definition) is 3. The summed E-state index contributed by atoms with van der Waals surface area (Å²) in [6.45, 7) is 7.36. The zero-order valence-electron chi connectivity index (χ0n) is 22.3. The number of aryl methyl sites for hydroxylation is 1. The Morgan fingerprint density at radius 1 is 1.24 bits per heavy atom. The summed E-state index contributed by atoms with van der Waals surface area (Å²) in [6.07, 6.45) is 4.59. The second-order valence-corrected chi connectivity index (χ2v) is 9.24. The Morgan fingerprint density at radius 2 is 1.95 bits per heavy atom. The Bertz CT molecular complexity index is 1380. The first-order chi connectivity index (χ1) is 18.0. The number of fused-ring (bicyclic) bond motifs is 1. The highest BCUT2D eigenvalue weighted by Crippen LogP contribution is 2.40. The van der Waals surface area contributed by atoms with Crippen LogP contribution in [-0.2, 0) is 16.1 Å². The van der Waals surface area contributed by atoms with Gasteiger partial charge in [-0.15, -0.1) is 0 Å². The van der Waals surface area contributed by atoms with Crippen LogP contribution in [0.25, 0.3) is 11.6 Å². The molecule has 0 saturated carbocycles. The number of anilines is 2. The van der Waals surface area contributed by atoms with Crippen LogP contribution in [0.2, 0.25) is 0 Å². The minimum Gasteiger partial charge on any atom is -0.504 e. The molecule has 10 heteroatoms. The fourth-order valence-corrected chi connectivity index (χ4v) is 3.72. The molecule has 0 radical (unpaired) electrons. The molecule has 2 aromatic heterocycles. The molecule has 0 atom stereocenters. The smallest absolute Gasteiger partial charge is 0.347 e. The van der Waals surface area contributed by atoms with Crippen molar-refractivity contribution in [3.63, 3.8) is 0 Å². The van der Waals surface area contributed by atoms with Crippen LogP contribution in [0.3, 0.4) is 0 Å². The van der Waals surface area contributed by atoms with Gasteiger partial charge in [-0.3, -0.25) is 4.79 Å². The largest absolute Gasteiger partial charge is 0.504 e. The van der Waals surface area contributed by atoms with Crippen LogP contribution in [0, 0.1) is 6.92 Å². The highest BCUT2D eigenvalue weighted by molar-refractivity contribution is 6.21. The molecule has 3 aromatic rings. The second-order valence-electron chi connectivity index (χ2n) is 9.24. The molecule has 0 fully saturated rings. The number of rotatable bonds is 7. The van der Waals surface area contributed by atoms with Gasteiger partial charge in [0.15, 0.2) is 22.9 Å². The molecule has 3 heterocycles. The standard InChI is InChI=1S/C26H28N4O4.C2H4O2/c1-15(2)33-26(32)22-23(31)21(12-18-13-28-24-19(18)7-6-10-27-24)34-25(22)29-20-9-8-17(11-16(20)3)14-30(4)5;1-2(3)4/h6-13,15,29,31H,14H2,1-5H3;1H3,(H,3,4). The maximum absolute atomic E-state index is 12.9. The van der Waals surface area contributed by atoms with Crippen molar-refractivity contribution >= 4 is 47.2 Å². The van der Waals surface area contributed by atoms with Gasteiger partial charge in [-0.2, -0.15) is 0 Å². The maximum Gasteiger partial charge on any atom is 0.347 e. The van der Waals surface area contributed by atoms with Crippen molar-refractivity contribution in [2.45, 2.75) is 40.3 Å². The second kappa shape index (κ2) is 12.2. The van der Waals surface area contributed by atoms with Gasteiger partial charge >= 0.3 is 5.97 Å². The van der Waals surface area contributed by atoms with Crippen LogP contribution in [0.5, 0.6) is 5.75 Å². The maximum atomic E-state index is 12.9. The molecular weight excluding hydrogens is 488 g/mol. The number of ether oxygens (including phenoxy) is 1. The predicted octanol–water partition coefficient (Wildman–Crippen LogP) is 5.41. The number of aliphatic imine (C=N–C) groups is 1. The van der Waals surface area contributed by atoms with Crippen LogP contribution < -0.4 is 5.32 Å². The van der Waals surface area contributed by atoms with Crippen LogP contribution in [0.1, 0.15) is 53.6 Å². The lowest BCUT2D eigenvalue weighted by molar-refractivity contribution is -0.134. The van der Waals surface area contributed by atoms with Gasteiger partial charge in [-0.1, -0.05) is 12.1 Å². The van der Waals surface area contributed by atoms with E-state index in [1.165, 1.54) is 0 Å². The molecule has 0 spiro atoms. The predicted molar refractivity (Wildman–Crippen MR) is 146 cm³/mol. The average molecular weight is 521 g/mol. The van der Waals surface area contributed by atoms with Gasteiger partial charge < -0.3 is 29.6 Å². The van der Waals surface area contributed by atoms with Crippen LogP contribution >= 0.6 is 0 Å². The summed E-state index contributed by atoms with van der Waals surface area (Å²) in [4.78, 5) is 32.4. The topological polar surface area (TPSA) is 137 Å². The lowest BCUT2D eigenvalue weighted by atomic mass is 10.1. The number of carboxylic acid groups (broad SMARTS) is 1. The Hall–Kier alpha value is -4.44. The average Bonchev–Trinajstić information content (AvgIpc) is 3.35. The number of nitrogens with zero attached hydrogens (tertiary/aromatic N) is 3. The van der Waals surface area contributed by atoms with Crippen molar-refractivity contribution in [3.8, 4) is 5.75 Å². The van der Waals surface area contributed by atoms with E-state index < -0.39 is 11.9 Å². The highest BCUT2D eigenvalue weighted by Gasteiger charge is 2.28. The van der Waals surface area contributed by atoms with E-state index in [9.17, 15) is 9.90 Å². The fourth-order valence-electron chi connectivity index (χ4n) is 3.72. The molecule has 200 valence electrons. The molecule has 0 saturated heterocycles. The summed E-state index contributed by atoms with van der Waals surface area (Å²) < 4.78 is 11.3. The number of allylic oxidation sites excluding steroid dienone is 1. The summed E-state index contributed by atoms with van der Waals surface area (Å²) in [5.41, 5.74) is 4.36. The minimum atomic E-state index is -0.833. The molecule has 10 nitrogen and oxygen atoms in total. The van der Waals surface area contributed by atoms with Gasteiger partial charge in [0.1, 0.15) is 0 Å². The first-order valence-corrected chi connectivity index (χ1v) is 11.9. The van der Waals surface area contributed by atoms with Crippen molar-refractivity contribution in [3.05, 3.63) is 64.5 Å². The number of nitrogens with one attached hydrogen (secondary N) is 1. The van der Waals surface area contributed by atoms with Crippen molar-refractivity contribution < 1.29 is 29.0 Å². The molecule has 3 N–H and O–H groups in total. The first-order valence-electron chi connectivity index (χ1n) is 11.9. The van der Waals surface area contributed by atoms with Crippen LogP contribution in [-0.4, -0.2) is 58.4 Å². The quantitative estimate of drug-likeness (QED) is 0.349. The van der Waals surface area contributed by atoms with Gasteiger partial charge in [0.2, 0.25) is 5.88 Å². The zero-order chi connectivity index (χ0) is 28.0. The molecular formula is C28H32N4O6. The van der Waals surface area contributed by atoms with Gasteiger partial charge in [0.25, 0.3) is 5.97 Å². The monoisotopic (exact) mass is 520 g/mol. The van der Waals surface area contributed by atoms with Gasteiger partial charge in [-0.25, -0.2) is 14.8 Å². The Kier molecular flexibility index (Phi) is 9.03. The van der Waals surface area contributed by atoms with E-state index in [1.54, 1.807) is 32.3 Å². The molecule has 0 unspecified atom stereocenters. The molecule has 1 aliphatic rings. The van der Waals surface area contributed by atoms with Crippen molar-refractivity contribution in [2.24, 2.45) is 4.99 Å². The third-order valence-corrected chi connectivity index (χ3v) is 5.20. The van der Waals surface area contributed by atoms with Crippen molar-refractivity contribution in [1.29, 1.82) is 0 Å². The molecule has 38 heavy (non-hydrogen) atoms. The molecule has 0 amide bonds. The Balaban J connectivity index is 0.000000934. The van der Waals surface area contributed by atoms with Crippen molar-refractivity contribution in [1.82, 2.24) is 9.88 Å². The fraction of sp³-hybridized carbons (Fsp3) is 0.286. The van der Waals surface area contributed by atoms with E-state index in [4.69, 9.17) is 19.1 Å². The van der Waals surface area contributed by atoms with E-state index in [0.29, 0.717) is 11.4 Å². The SMILES string of the molecule is CC(=O)O.Cc1cc(CN(C)C)ccc1Nc1oc(C=C2C=Nc3ncccc32)c(O)c1C(=O)OC(C)C. The van der Waals surface area contributed by atoms with E-state index >= 15 is 0 Å². The summed E-state index contributed by atoms with van der Waals surface area (Å²) >= 11 is 0. The third-order valence-electron chi connectivity index (χ3n) is 5.20. The van der Waals surface area contributed by atoms with E-state index in [1.807, 2.05) is 45.3 Å². The van der Waals surface area contributed by atoms with E-state index in [2.05, 4.69) is 26.3 Å². The number of furan rings is 1. The van der Waals surface area contributed by atoms with Crippen LogP contribution in [0.4, 0.5) is 17.4 Å². The summed E-state index contributed by atoms with van der Waals surface area (Å²) in [5.74, 6) is -0.982. The zero-order valence-corrected chi connectivity index (χ0v) is 22.3. The number of aromatic nitrogens is 1. The summed E-state index contributed by atoms with van der Waals surface area (Å²) in [7, 11) is 4.03. The number of aromatic hydroxyl groups is 1. The molecule has 0 aliphatic carbocycles. The molecule has 1 aliphatic heterocycles. The number of hydrogen-bond acceptors (Lipinski definition) is 9. The normalized spacial score (nSPS) is 12.9. The number of esters is 1. The lowest BCUT2D eigenvalue weighted by Crippen LogP contribution is -2.13. The van der Waals surface area contributed by atoms with Gasteiger partial charge in [-0.05, 0) is 70.3 Å². The van der Waals surface area contributed by atoms with Gasteiger partial charge in [0.05, 0.1) is 6.10 Å². The number of benzene rings is 1. The number of carbonyl (C=O) groups excluding carboxylic acids is 1. The van der Waals surface area contributed by atoms with E-state index in [0.717, 1.165) is 35.8 Å². The number of aliphatic carboxylic acids is 1. The minimum absolute atomic E-state index is 0.0568. The van der Waals surface area contributed by atoms with Gasteiger partial charge in [0, 0.05) is 42.7 Å². The number of pyridine rings is 1. The molecule has 4 rings (SSSR count). The first kappa shape index (κ1) is 28.1. The third kappa shape index (κ3) is 7.07. The summed E-state index contributed by atoms with van der Waals surface area (Å²) in [5, 5.41) is 21.5. The van der Waals surface area contributed by atoms with Crippen LogP contribution in [0.15, 0.2) is 45.9 Å². The molecule has 1 aromatic carbocycles. The number of carboxylic acids is 1. The number of carbonyl (C=O) groups is 2.